The number of anilines is 1. The van der Waals surface area contributed by atoms with Gasteiger partial charge in [-0.1, -0.05) is 41.9 Å². The summed E-state index contributed by atoms with van der Waals surface area (Å²) in [6.45, 7) is 2.31. The van der Waals surface area contributed by atoms with Crippen molar-refractivity contribution in [3.05, 3.63) is 52.4 Å². The average Bonchev–Trinajstić information content (AvgIpc) is 2.37. The van der Waals surface area contributed by atoms with Gasteiger partial charge in [0.05, 0.1) is 5.56 Å². The first-order valence-corrected chi connectivity index (χ1v) is 5.85. The van der Waals surface area contributed by atoms with Crippen LogP contribution in [0, 0.1) is 6.92 Å². The molecule has 92 valence electrons. The number of hydrogen-bond donors (Lipinski definition) is 1. The number of carbonyl (C=O) groups excluding carboxylic acids is 1. The molecule has 0 fully saturated rings. The van der Waals surface area contributed by atoms with Gasteiger partial charge in [0.1, 0.15) is 16.8 Å². The van der Waals surface area contributed by atoms with E-state index in [1.54, 1.807) is 6.92 Å². The van der Waals surface area contributed by atoms with Gasteiger partial charge in [-0.05, 0) is 12.5 Å². The van der Waals surface area contributed by atoms with Crippen molar-refractivity contribution in [1.29, 1.82) is 0 Å². The molecule has 1 N–H and O–H groups in total. The lowest BCUT2D eigenvalue weighted by Crippen LogP contribution is -2.07. The minimum atomic E-state index is 0.174. The van der Waals surface area contributed by atoms with Crippen LogP contribution < -0.4 is 5.32 Å². The number of benzene rings is 1. The molecule has 0 unspecified atom stereocenters. The molecule has 0 saturated carbocycles. The van der Waals surface area contributed by atoms with Crippen LogP contribution in [0.2, 0.25) is 5.15 Å². The Morgan fingerprint density at radius 2 is 2.00 bits per heavy atom. The van der Waals surface area contributed by atoms with Gasteiger partial charge in [-0.15, -0.1) is 0 Å². The van der Waals surface area contributed by atoms with E-state index < -0.39 is 0 Å². The molecule has 18 heavy (non-hydrogen) atoms. The van der Waals surface area contributed by atoms with Crippen LogP contribution in [0.15, 0.2) is 30.3 Å². The van der Waals surface area contributed by atoms with Gasteiger partial charge in [-0.25, -0.2) is 9.97 Å². The van der Waals surface area contributed by atoms with Crippen LogP contribution >= 0.6 is 11.6 Å². The highest BCUT2D eigenvalue weighted by atomic mass is 35.5. The molecule has 1 aromatic carbocycles. The second-order valence-corrected chi connectivity index (χ2v) is 4.14. The summed E-state index contributed by atoms with van der Waals surface area (Å²) in [5, 5.41) is 3.27. The van der Waals surface area contributed by atoms with Crippen LogP contribution in [-0.2, 0) is 6.54 Å². The van der Waals surface area contributed by atoms with Crippen LogP contribution in [0.3, 0.4) is 0 Å². The third-order valence-corrected chi connectivity index (χ3v) is 2.72. The zero-order chi connectivity index (χ0) is 13.0. The van der Waals surface area contributed by atoms with E-state index in [1.165, 1.54) is 0 Å². The lowest BCUT2D eigenvalue weighted by atomic mass is 10.2. The van der Waals surface area contributed by atoms with Crippen molar-refractivity contribution in [1.82, 2.24) is 9.97 Å². The number of aromatic nitrogens is 2. The van der Waals surface area contributed by atoms with Gasteiger partial charge < -0.3 is 5.32 Å². The first-order valence-electron chi connectivity index (χ1n) is 5.48. The topological polar surface area (TPSA) is 54.9 Å². The Morgan fingerprint density at radius 1 is 1.28 bits per heavy atom. The van der Waals surface area contributed by atoms with Crippen LogP contribution in [0.5, 0.6) is 0 Å². The minimum absolute atomic E-state index is 0.174. The molecule has 0 bridgehead atoms. The third-order valence-electron chi connectivity index (χ3n) is 2.43. The summed E-state index contributed by atoms with van der Waals surface area (Å²) in [6.07, 6.45) is 0.662. The fraction of sp³-hybridized carbons (Fsp3) is 0.154. The molecule has 5 heteroatoms. The summed E-state index contributed by atoms with van der Waals surface area (Å²) in [4.78, 5) is 19.1. The van der Waals surface area contributed by atoms with Gasteiger partial charge >= 0.3 is 0 Å². The van der Waals surface area contributed by atoms with Crippen molar-refractivity contribution in [2.24, 2.45) is 0 Å². The summed E-state index contributed by atoms with van der Waals surface area (Å²) in [5.41, 5.74) is 1.39. The van der Waals surface area contributed by atoms with E-state index in [4.69, 9.17) is 11.6 Å². The van der Waals surface area contributed by atoms with Crippen LogP contribution in [0.1, 0.15) is 21.7 Å². The zero-order valence-electron chi connectivity index (χ0n) is 9.85. The summed E-state index contributed by atoms with van der Waals surface area (Å²) in [7, 11) is 0. The zero-order valence-corrected chi connectivity index (χ0v) is 10.6. The molecule has 1 heterocycles. The summed E-state index contributed by atoms with van der Waals surface area (Å²) < 4.78 is 0. The fourth-order valence-corrected chi connectivity index (χ4v) is 1.82. The molecule has 0 aliphatic rings. The number of rotatable bonds is 4. The monoisotopic (exact) mass is 261 g/mol. The highest BCUT2D eigenvalue weighted by Gasteiger charge is 2.10. The molecule has 0 aliphatic carbocycles. The maximum atomic E-state index is 11.0. The maximum absolute atomic E-state index is 11.0. The summed E-state index contributed by atoms with van der Waals surface area (Å²) in [5.74, 6) is 0.993. The highest BCUT2D eigenvalue weighted by Crippen LogP contribution is 2.19. The smallest absolute Gasteiger partial charge is 0.156 e. The molecule has 4 nitrogen and oxygen atoms in total. The summed E-state index contributed by atoms with van der Waals surface area (Å²) >= 11 is 5.89. The van der Waals surface area contributed by atoms with Gasteiger partial charge in [0.25, 0.3) is 0 Å². The number of aryl methyl sites for hydroxylation is 1. The van der Waals surface area contributed by atoms with Gasteiger partial charge in [0.2, 0.25) is 0 Å². The SMILES string of the molecule is Cc1nc(Cl)c(C=O)c(NCc2ccccc2)n1. The maximum Gasteiger partial charge on any atom is 0.156 e. The molecule has 0 aliphatic heterocycles. The lowest BCUT2D eigenvalue weighted by molar-refractivity contribution is 0.112. The predicted molar refractivity (Wildman–Crippen MR) is 70.9 cm³/mol. The van der Waals surface area contributed by atoms with Gasteiger partial charge in [-0.3, -0.25) is 4.79 Å². The van der Waals surface area contributed by atoms with E-state index in [0.29, 0.717) is 24.5 Å². The first-order chi connectivity index (χ1) is 8.70. The van der Waals surface area contributed by atoms with Crippen molar-refractivity contribution >= 4 is 23.7 Å². The summed E-state index contributed by atoms with van der Waals surface area (Å²) in [6, 6.07) is 9.84. The van der Waals surface area contributed by atoms with Crippen LogP contribution in [-0.4, -0.2) is 16.3 Å². The minimum Gasteiger partial charge on any atom is -0.365 e. The van der Waals surface area contributed by atoms with E-state index in [-0.39, 0.29) is 10.7 Å². The van der Waals surface area contributed by atoms with Gasteiger partial charge in [0.15, 0.2) is 6.29 Å². The van der Waals surface area contributed by atoms with E-state index in [2.05, 4.69) is 15.3 Å². The molecule has 0 spiro atoms. The van der Waals surface area contributed by atoms with Gasteiger partial charge in [-0.2, -0.15) is 0 Å². The highest BCUT2D eigenvalue weighted by molar-refractivity contribution is 6.32. The van der Waals surface area contributed by atoms with Crippen molar-refractivity contribution in [2.45, 2.75) is 13.5 Å². The average molecular weight is 262 g/mol. The fourth-order valence-electron chi connectivity index (χ4n) is 1.57. The normalized spacial score (nSPS) is 10.1. The standard InChI is InChI=1S/C13H12ClN3O/c1-9-16-12(14)11(8-18)13(17-9)15-7-10-5-3-2-4-6-10/h2-6,8H,7H2,1H3,(H,15,16,17). The predicted octanol–water partition coefficient (Wildman–Crippen LogP) is 2.86. The second kappa shape index (κ2) is 5.60. The molecule has 0 amide bonds. The Balaban J connectivity index is 2.21. The van der Waals surface area contributed by atoms with Crippen molar-refractivity contribution in [3.8, 4) is 0 Å². The van der Waals surface area contributed by atoms with Gasteiger partial charge in [0, 0.05) is 6.54 Å². The quantitative estimate of drug-likeness (QED) is 0.679. The second-order valence-electron chi connectivity index (χ2n) is 3.78. The molecular weight excluding hydrogens is 250 g/mol. The Kier molecular flexibility index (Phi) is 3.89. The van der Waals surface area contributed by atoms with E-state index in [9.17, 15) is 4.79 Å². The van der Waals surface area contributed by atoms with E-state index in [0.717, 1.165) is 5.56 Å². The van der Waals surface area contributed by atoms with Crippen molar-refractivity contribution < 1.29 is 4.79 Å². The Labute approximate surface area is 110 Å². The third kappa shape index (κ3) is 2.84. The van der Waals surface area contributed by atoms with Crippen molar-refractivity contribution in [2.75, 3.05) is 5.32 Å². The molecule has 0 atom stereocenters. The number of carbonyl (C=O) groups is 1. The molecule has 1 aromatic heterocycles. The molecule has 0 radical (unpaired) electrons. The molecular formula is C13H12ClN3O. The van der Waals surface area contributed by atoms with Crippen LogP contribution in [0.4, 0.5) is 5.82 Å². The van der Waals surface area contributed by atoms with E-state index >= 15 is 0 Å². The number of hydrogen-bond acceptors (Lipinski definition) is 4. The molecule has 2 rings (SSSR count). The first kappa shape index (κ1) is 12.5. The number of halogens is 1. The van der Waals surface area contributed by atoms with Crippen LogP contribution in [0.25, 0.3) is 0 Å². The largest absolute Gasteiger partial charge is 0.365 e. The van der Waals surface area contributed by atoms with E-state index in [1.807, 2.05) is 30.3 Å². The molecule has 2 aromatic rings. The Bertz CT molecular complexity index is 558. The Morgan fingerprint density at radius 3 is 2.67 bits per heavy atom. The number of nitrogens with zero attached hydrogens (tertiary/aromatic N) is 2. The lowest BCUT2D eigenvalue weighted by Gasteiger charge is -2.09. The number of aldehydes is 1. The van der Waals surface area contributed by atoms with Crippen molar-refractivity contribution in [3.63, 3.8) is 0 Å². The number of nitrogens with one attached hydrogen (secondary N) is 1. The Hall–Kier alpha value is -1.94. The molecule has 0 saturated heterocycles.